The van der Waals surface area contributed by atoms with E-state index in [2.05, 4.69) is 11.1 Å². The molecule has 0 aliphatic carbocycles. The van der Waals surface area contributed by atoms with Crippen LogP contribution >= 0.6 is 7.60 Å². The molecule has 3 aromatic rings. The van der Waals surface area contributed by atoms with Crippen LogP contribution in [0.25, 0.3) is 10.9 Å². The van der Waals surface area contributed by atoms with Crippen LogP contribution in [0, 0.1) is 17.2 Å². The molecule has 0 bridgehead atoms. The van der Waals surface area contributed by atoms with Crippen molar-refractivity contribution in [3.8, 4) is 6.07 Å². The Morgan fingerprint density at radius 1 is 1.08 bits per heavy atom. The van der Waals surface area contributed by atoms with Crippen LogP contribution in [-0.4, -0.2) is 92.9 Å². The molecule has 0 spiro atoms. The molecular formula is C35H49F2N6O7P. The minimum absolute atomic E-state index is 0.0200. The van der Waals surface area contributed by atoms with Crippen molar-refractivity contribution in [2.24, 2.45) is 11.7 Å². The van der Waals surface area contributed by atoms with Gasteiger partial charge in [-0.25, -0.2) is 0 Å². The van der Waals surface area contributed by atoms with E-state index in [1.807, 2.05) is 62.1 Å². The molecule has 0 radical (unpaired) electrons. The summed E-state index contributed by atoms with van der Waals surface area (Å²) in [6.07, 6.45) is 4.35. The Labute approximate surface area is 297 Å². The number of nitrogens with one attached hydrogen (secondary N) is 1. The Kier molecular flexibility index (Phi) is 19.3. The van der Waals surface area contributed by atoms with Gasteiger partial charge in [0.05, 0.1) is 12.0 Å². The first kappa shape index (κ1) is 44.4. The van der Waals surface area contributed by atoms with Crippen molar-refractivity contribution in [1.82, 2.24) is 19.7 Å². The van der Waals surface area contributed by atoms with Gasteiger partial charge in [-0.1, -0.05) is 56.3 Å². The number of aromatic amines is 1. The number of primary amides is 1. The maximum absolute atomic E-state index is 13.5. The first-order chi connectivity index (χ1) is 24.1. The van der Waals surface area contributed by atoms with E-state index in [1.165, 1.54) is 12.1 Å². The van der Waals surface area contributed by atoms with E-state index in [-0.39, 0.29) is 28.8 Å². The Bertz CT molecular complexity index is 1590. The smallest absolute Gasteiger partial charge is 0.364 e. The van der Waals surface area contributed by atoms with Crippen LogP contribution in [0.5, 0.6) is 0 Å². The van der Waals surface area contributed by atoms with Crippen LogP contribution in [0.2, 0.25) is 0 Å². The number of likely N-dealkylation sites (tertiary alicyclic amines) is 2. The van der Waals surface area contributed by atoms with Gasteiger partial charge in [0, 0.05) is 69.1 Å². The van der Waals surface area contributed by atoms with E-state index >= 15 is 0 Å². The highest BCUT2D eigenvalue weighted by atomic mass is 31.2. The van der Waals surface area contributed by atoms with Gasteiger partial charge in [-0.3, -0.25) is 23.7 Å². The summed E-state index contributed by atoms with van der Waals surface area (Å²) in [6.45, 7) is 11.9. The number of alkyl halides is 2. The highest BCUT2D eigenvalue weighted by molar-refractivity contribution is 7.52. The second-order valence-corrected chi connectivity index (χ2v) is 12.9. The summed E-state index contributed by atoms with van der Waals surface area (Å²) in [7, 11) is -5.62. The zero-order chi connectivity index (χ0) is 38.6. The Hall–Kier alpha value is -4.64. The number of carbonyl (C=O) groups excluding carboxylic acids is 4. The molecule has 2 aliphatic rings. The molecule has 2 saturated heterocycles. The van der Waals surface area contributed by atoms with E-state index in [0.29, 0.717) is 31.6 Å². The number of rotatable bonds is 8. The second-order valence-electron chi connectivity index (χ2n) is 11.2. The molecule has 280 valence electrons. The minimum atomic E-state index is -5.62. The number of hydrogen-bond acceptors (Lipinski definition) is 6. The highest BCUT2D eigenvalue weighted by Crippen LogP contribution is 2.59. The Balaban J connectivity index is 0.000000359. The van der Waals surface area contributed by atoms with Gasteiger partial charge < -0.3 is 35.2 Å². The number of nitriles is 1. The summed E-state index contributed by atoms with van der Waals surface area (Å²) in [6, 6.07) is 18.3. The van der Waals surface area contributed by atoms with Crippen LogP contribution < -0.4 is 5.73 Å². The van der Waals surface area contributed by atoms with Crippen LogP contribution in [-0.2, 0) is 24.6 Å². The fourth-order valence-corrected chi connectivity index (χ4v) is 5.36. The topological polar surface area (TPSA) is 201 Å². The largest absolute Gasteiger partial charge is 0.399 e. The maximum Gasteiger partial charge on any atom is 0.399 e. The molecule has 3 heterocycles. The van der Waals surface area contributed by atoms with E-state index in [0.717, 1.165) is 57.4 Å². The molecule has 16 heteroatoms. The second kappa shape index (κ2) is 22.2. The lowest BCUT2D eigenvalue weighted by Gasteiger charge is -2.21. The molecular weight excluding hydrogens is 685 g/mol. The van der Waals surface area contributed by atoms with E-state index in [4.69, 9.17) is 20.8 Å². The summed E-state index contributed by atoms with van der Waals surface area (Å²) < 4.78 is 37.7. The molecule has 0 saturated carbocycles. The number of benzene rings is 2. The lowest BCUT2D eigenvalue weighted by molar-refractivity contribution is -0.132. The van der Waals surface area contributed by atoms with E-state index in [1.54, 1.807) is 16.7 Å². The average Bonchev–Trinajstić information content (AvgIpc) is 3.91. The van der Waals surface area contributed by atoms with Crippen molar-refractivity contribution in [2.45, 2.75) is 59.0 Å². The minimum Gasteiger partial charge on any atom is -0.364 e. The van der Waals surface area contributed by atoms with Crippen LogP contribution in [0.1, 0.15) is 69.4 Å². The zero-order valence-electron chi connectivity index (χ0n) is 29.5. The van der Waals surface area contributed by atoms with Crippen molar-refractivity contribution >= 4 is 42.6 Å². The molecule has 13 nitrogen and oxygen atoms in total. The van der Waals surface area contributed by atoms with Crippen molar-refractivity contribution < 1.29 is 42.3 Å². The molecule has 1 atom stereocenters. The van der Waals surface area contributed by atoms with Gasteiger partial charge in [0.1, 0.15) is 5.69 Å². The number of hydrogen-bond donors (Lipinski definition) is 4. The van der Waals surface area contributed by atoms with Gasteiger partial charge in [-0.05, 0) is 44.4 Å². The van der Waals surface area contributed by atoms with Crippen LogP contribution in [0.3, 0.4) is 0 Å². The molecule has 5 rings (SSSR count). The van der Waals surface area contributed by atoms with Gasteiger partial charge >= 0.3 is 13.3 Å². The van der Waals surface area contributed by atoms with Crippen LogP contribution in [0.15, 0.2) is 60.7 Å². The van der Waals surface area contributed by atoms with E-state index < -0.39 is 24.7 Å². The fraction of sp³-hybridized carbons (Fsp3) is 0.457. The number of halogens is 2. The standard InChI is InChI=1S/C11H20N2O2.C10H9F2N2O4P.C6H8N2O.C6H6.C2H6/c1-3-12(10(2)14)9-6-11(15)13-7-4-5-8-13;11-10(12,19(16,17)18)6-1-2-7-5(3-6)4-8(14-7)9(13)15;7-3-6-1-2-8(4-6)5-9;1-2-4-6-5-3-1;1-2/h3-9H2,1-2H3;1-4,14H,(H2,13,15)(H2,16,17,18);5-6H,1-2,4H2;1-6H;1-2H3. The summed E-state index contributed by atoms with van der Waals surface area (Å²) in [5.41, 5.74) is 0.292. The predicted molar refractivity (Wildman–Crippen MR) is 190 cm³/mol. The summed E-state index contributed by atoms with van der Waals surface area (Å²) in [4.78, 5) is 68.9. The number of aromatic nitrogens is 1. The number of amides is 4. The zero-order valence-corrected chi connectivity index (χ0v) is 30.4. The first-order valence-corrected chi connectivity index (χ1v) is 18.2. The number of nitrogens with two attached hydrogens (primary N) is 1. The van der Waals surface area contributed by atoms with Crippen LogP contribution in [0.4, 0.5) is 8.78 Å². The molecule has 2 fully saturated rings. The van der Waals surface area contributed by atoms with Crippen molar-refractivity contribution in [3.05, 3.63) is 71.9 Å². The van der Waals surface area contributed by atoms with Gasteiger partial charge in [-0.2, -0.15) is 14.0 Å². The lowest BCUT2D eigenvalue weighted by Crippen LogP contribution is -2.34. The van der Waals surface area contributed by atoms with Crippen molar-refractivity contribution in [3.63, 3.8) is 0 Å². The third-order valence-corrected chi connectivity index (χ3v) is 8.69. The Morgan fingerprint density at radius 3 is 2.06 bits per heavy atom. The molecule has 5 N–H and O–H groups in total. The lowest BCUT2D eigenvalue weighted by atomic mass is 10.1. The summed E-state index contributed by atoms with van der Waals surface area (Å²) in [5, 5.41) is 8.59. The summed E-state index contributed by atoms with van der Waals surface area (Å²) in [5.74, 6) is -0.450. The molecule has 2 aliphatic heterocycles. The average molecular weight is 735 g/mol. The molecule has 4 amide bonds. The molecule has 51 heavy (non-hydrogen) atoms. The third kappa shape index (κ3) is 14.6. The molecule has 1 aromatic heterocycles. The van der Waals surface area contributed by atoms with Gasteiger partial charge in [-0.15, -0.1) is 0 Å². The fourth-order valence-electron chi connectivity index (χ4n) is 4.89. The maximum atomic E-state index is 13.5. The number of H-pyrrole nitrogens is 1. The Morgan fingerprint density at radius 2 is 1.65 bits per heavy atom. The number of carbonyl (C=O) groups is 4. The van der Waals surface area contributed by atoms with Gasteiger partial charge in [0.2, 0.25) is 18.2 Å². The highest BCUT2D eigenvalue weighted by Gasteiger charge is 2.50. The van der Waals surface area contributed by atoms with Gasteiger partial charge in [0.25, 0.3) is 5.91 Å². The summed E-state index contributed by atoms with van der Waals surface area (Å²) >= 11 is 0. The van der Waals surface area contributed by atoms with Crippen molar-refractivity contribution in [2.75, 3.05) is 39.3 Å². The number of fused-ring (bicyclic) bond motifs is 1. The van der Waals surface area contributed by atoms with Gasteiger partial charge in [0.15, 0.2) is 0 Å². The van der Waals surface area contributed by atoms with Crippen molar-refractivity contribution in [1.29, 1.82) is 5.26 Å². The quantitative estimate of drug-likeness (QED) is 0.182. The molecule has 2 aromatic carbocycles. The monoisotopic (exact) mass is 734 g/mol. The number of nitrogens with zero attached hydrogens (tertiary/aromatic N) is 4. The first-order valence-electron chi connectivity index (χ1n) is 16.6. The predicted octanol–water partition coefficient (Wildman–Crippen LogP) is 5.06. The third-order valence-electron chi connectivity index (χ3n) is 7.70. The SMILES string of the molecule is CC.CCN(CCC(=O)N1CCCC1)C(C)=O.N#CC1CCN(C=O)C1.NC(=O)c1cc2cc(C(F)(F)P(=O)(O)O)ccc2[nH]1.c1ccccc1. The molecule has 1 unspecified atom stereocenters. The normalized spacial score (nSPS) is 14.9. The van der Waals surface area contributed by atoms with E-state index in [9.17, 15) is 32.5 Å².